The minimum Gasteiger partial charge on any atom is -0.457 e. The summed E-state index contributed by atoms with van der Waals surface area (Å²) in [5, 5.41) is 3.09. The lowest BCUT2D eigenvalue weighted by atomic mass is 10.0. The fraction of sp³-hybridized carbons (Fsp3) is 0.531. The molecule has 3 heterocycles. The molecule has 3 amide bonds. The number of carbonyl (C=O) groups is 3. The molecule has 3 aliphatic rings. The molecule has 42 heavy (non-hydrogen) atoms. The van der Waals surface area contributed by atoms with Crippen molar-refractivity contribution in [1.82, 2.24) is 24.9 Å². The molecule has 3 aliphatic heterocycles. The Kier molecular flexibility index (Phi) is 10.1. The monoisotopic (exact) mass is 577 g/mol. The Bertz CT molecular complexity index is 1260. The number of rotatable bonds is 2. The summed E-state index contributed by atoms with van der Waals surface area (Å²) < 4.78 is 12.5. The Morgan fingerprint density at radius 1 is 0.929 bits per heavy atom. The highest BCUT2D eigenvalue weighted by molar-refractivity contribution is 5.85. The van der Waals surface area contributed by atoms with Crippen LogP contribution in [0, 0.1) is 0 Å². The van der Waals surface area contributed by atoms with Gasteiger partial charge in [-0.3, -0.25) is 19.3 Å². The van der Waals surface area contributed by atoms with Crippen LogP contribution < -0.4 is 10.1 Å². The van der Waals surface area contributed by atoms with Gasteiger partial charge in [0.1, 0.15) is 11.5 Å². The van der Waals surface area contributed by atoms with E-state index >= 15 is 0 Å². The number of amides is 3. The molecule has 0 spiro atoms. The number of hydrogen-bond donors (Lipinski definition) is 1. The lowest BCUT2D eigenvalue weighted by molar-refractivity contribution is -0.139. The molecular formula is C32H43N5O5. The van der Waals surface area contributed by atoms with Crippen LogP contribution in [0.1, 0.15) is 30.4 Å². The quantitative estimate of drug-likeness (QED) is 0.585. The second-order valence-electron chi connectivity index (χ2n) is 11.7. The van der Waals surface area contributed by atoms with Gasteiger partial charge in [-0.25, -0.2) is 0 Å². The zero-order valence-corrected chi connectivity index (χ0v) is 24.8. The number of likely N-dealkylation sites (N-methyl/N-ethyl adjacent to an activating group) is 2. The minimum atomic E-state index is -0.382. The summed E-state index contributed by atoms with van der Waals surface area (Å²) in [4.78, 5) is 47.2. The number of nitrogens with one attached hydrogen (secondary N) is 1. The van der Waals surface area contributed by atoms with Crippen molar-refractivity contribution in [3.63, 3.8) is 0 Å². The molecule has 0 aromatic heterocycles. The molecule has 2 aromatic rings. The second kappa shape index (κ2) is 14.1. The van der Waals surface area contributed by atoms with Crippen LogP contribution in [0.5, 0.6) is 11.5 Å². The predicted octanol–water partition coefficient (Wildman–Crippen LogP) is 2.12. The van der Waals surface area contributed by atoms with Gasteiger partial charge in [0.15, 0.2) is 0 Å². The van der Waals surface area contributed by atoms with E-state index in [1.54, 1.807) is 7.05 Å². The molecule has 10 heteroatoms. The summed E-state index contributed by atoms with van der Waals surface area (Å²) in [6.45, 7) is 5.39. The largest absolute Gasteiger partial charge is 0.457 e. The lowest BCUT2D eigenvalue weighted by Gasteiger charge is -2.39. The van der Waals surface area contributed by atoms with Crippen LogP contribution in [0.15, 0.2) is 48.5 Å². The van der Waals surface area contributed by atoms with E-state index in [2.05, 4.69) is 22.2 Å². The normalized spacial score (nSPS) is 23.6. The van der Waals surface area contributed by atoms with Crippen LogP contribution in [0.3, 0.4) is 0 Å². The van der Waals surface area contributed by atoms with Crippen molar-refractivity contribution < 1.29 is 23.9 Å². The van der Waals surface area contributed by atoms with Gasteiger partial charge in [-0.2, -0.15) is 0 Å². The zero-order chi connectivity index (χ0) is 29.5. The standard InChI is InChI=1S/C32H43N5O5/c1-34-13-5-14-36(17-16-34)22-32(40)37-15-12-29-28(20-37)33-30(38)21-35(2)31(39)11-10-24-6-3-8-26(18-24)42-27-9-4-7-25(19-27)23-41-29/h3-4,6-9,18-19,28-29H,5,10-17,20-23H2,1-2H3,(H,33,38)/t28-,29+/m0/s1. The maximum Gasteiger partial charge on any atom is 0.239 e. The number of aryl methyl sites for hydroxylation is 1. The molecule has 0 aliphatic carbocycles. The van der Waals surface area contributed by atoms with E-state index in [1.165, 1.54) is 4.90 Å². The summed E-state index contributed by atoms with van der Waals surface area (Å²) >= 11 is 0. The number of likely N-dealkylation sites (tertiary alicyclic amines) is 1. The molecule has 2 aromatic carbocycles. The molecule has 226 valence electrons. The number of hydrogen-bond acceptors (Lipinski definition) is 7. The van der Waals surface area contributed by atoms with Gasteiger partial charge >= 0.3 is 0 Å². The first-order valence-corrected chi connectivity index (χ1v) is 15.0. The number of carbonyl (C=O) groups excluding carboxylic acids is 3. The third-order valence-corrected chi connectivity index (χ3v) is 8.35. The van der Waals surface area contributed by atoms with Gasteiger partial charge in [-0.15, -0.1) is 0 Å². The zero-order valence-electron chi connectivity index (χ0n) is 24.8. The Balaban J connectivity index is 1.30. The summed E-state index contributed by atoms with van der Waals surface area (Å²) in [6, 6.07) is 15.1. The lowest BCUT2D eigenvalue weighted by Crippen LogP contribution is -2.59. The van der Waals surface area contributed by atoms with Crippen molar-refractivity contribution in [3.8, 4) is 11.5 Å². The van der Waals surface area contributed by atoms with Crippen molar-refractivity contribution >= 4 is 17.7 Å². The smallest absolute Gasteiger partial charge is 0.239 e. The molecule has 0 unspecified atom stereocenters. The van der Waals surface area contributed by atoms with Crippen LogP contribution in [-0.4, -0.2) is 116 Å². The van der Waals surface area contributed by atoms with Crippen LogP contribution in [0.4, 0.5) is 0 Å². The molecule has 2 fully saturated rings. The number of nitrogens with zero attached hydrogens (tertiary/aromatic N) is 4. The van der Waals surface area contributed by atoms with Crippen molar-refractivity contribution in [1.29, 1.82) is 0 Å². The van der Waals surface area contributed by atoms with Crippen LogP contribution in [-0.2, 0) is 32.1 Å². The van der Waals surface area contributed by atoms with Gasteiger partial charge in [0.05, 0.1) is 31.8 Å². The summed E-state index contributed by atoms with van der Waals surface area (Å²) in [7, 11) is 3.76. The summed E-state index contributed by atoms with van der Waals surface area (Å²) in [6.07, 6.45) is 2.21. The van der Waals surface area contributed by atoms with Gasteiger partial charge in [-0.1, -0.05) is 24.3 Å². The first-order chi connectivity index (χ1) is 20.3. The fourth-order valence-electron chi connectivity index (χ4n) is 5.85. The number of piperidine rings is 1. The van der Waals surface area contributed by atoms with Crippen molar-refractivity contribution in [2.24, 2.45) is 0 Å². The van der Waals surface area contributed by atoms with Crippen molar-refractivity contribution in [2.75, 3.05) is 66.5 Å². The Morgan fingerprint density at radius 2 is 1.69 bits per heavy atom. The number of ether oxygens (including phenoxy) is 2. The summed E-state index contributed by atoms with van der Waals surface area (Å²) in [5.41, 5.74) is 1.95. The third-order valence-electron chi connectivity index (χ3n) is 8.35. The molecular weight excluding hydrogens is 534 g/mol. The fourth-order valence-corrected chi connectivity index (χ4v) is 5.85. The average molecular weight is 578 g/mol. The van der Waals surface area contributed by atoms with E-state index in [0.29, 0.717) is 50.6 Å². The maximum atomic E-state index is 13.3. The maximum absolute atomic E-state index is 13.3. The average Bonchev–Trinajstić information content (AvgIpc) is 3.18. The van der Waals surface area contributed by atoms with Gasteiger partial charge in [-0.05, 0) is 74.8 Å². The van der Waals surface area contributed by atoms with E-state index < -0.39 is 0 Å². The molecule has 2 saturated heterocycles. The number of fused-ring (bicyclic) bond motifs is 5. The Labute approximate surface area is 248 Å². The first-order valence-electron chi connectivity index (χ1n) is 15.0. The van der Waals surface area contributed by atoms with Crippen LogP contribution >= 0.6 is 0 Å². The minimum absolute atomic E-state index is 0.0531. The third kappa shape index (κ3) is 8.30. The Morgan fingerprint density at radius 3 is 2.50 bits per heavy atom. The first kappa shape index (κ1) is 30.0. The van der Waals surface area contributed by atoms with Crippen LogP contribution in [0.2, 0.25) is 0 Å². The predicted molar refractivity (Wildman–Crippen MR) is 159 cm³/mol. The van der Waals surface area contributed by atoms with E-state index in [-0.39, 0.29) is 42.8 Å². The SMILES string of the molecule is CN1CCCN(CC(=O)N2CC[C@H]3OCc4cccc(c4)Oc4cccc(c4)CCC(=O)N(C)CC(=O)N[C@H]3C2)CC1. The second-order valence-corrected chi connectivity index (χ2v) is 11.7. The van der Waals surface area contributed by atoms with Crippen molar-refractivity contribution in [2.45, 2.75) is 44.4 Å². The molecule has 10 nitrogen and oxygen atoms in total. The van der Waals surface area contributed by atoms with E-state index in [9.17, 15) is 14.4 Å². The van der Waals surface area contributed by atoms with Gasteiger partial charge < -0.3 is 29.5 Å². The molecule has 1 N–H and O–H groups in total. The highest BCUT2D eigenvalue weighted by Gasteiger charge is 2.34. The highest BCUT2D eigenvalue weighted by Crippen LogP contribution is 2.25. The molecule has 0 radical (unpaired) electrons. The van der Waals surface area contributed by atoms with E-state index in [1.807, 2.05) is 53.4 Å². The molecule has 0 saturated carbocycles. The highest BCUT2D eigenvalue weighted by atomic mass is 16.5. The van der Waals surface area contributed by atoms with Gasteiger partial charge in [0, 0.05) is 39.6 Å². The molecule has 5 rings (SSSR count). The van der Waals surface area contributed by atoms with Crippen molar-refractivity contribution in [3.05, 3.63) is 59.7 Å². The topological polar surface area (TPSA) is 94.7 Å². The summed E-state index contributed by atoms with van der Waals surface area (Å²) in [5.74, 6) is 1.12. The van der Waals surface area contributed by atoms with Gasteiger partial charge in [0.25, 0.3) is 0 Å². The molecule has 4 bridgehead atoms. The van der Waals surface area contributed by atoms with Gasteiger partial charge in [0.2, 0.25) is 17.7 Å². The molecule has 2 atom stereocenters. The van der Waals surface area contributed by atoms with E-state index in [4.69, 9.17) is 9.47 Å². The Hall–Kier alpha value is -3.47. The van der Waals surface area contributed by atoms with E-state index in [0.717, 1.165) is 43.7 Å². The van der Waals surface area contributed by atoms with Crippen LogP contribution in [0.25, 0.3) is 0 Å². The number of benzene rings is 2.